The first-order valence-electron chi connectivity index (χ1n) is 6.18. The van der Waals surface area contributed by atoms with E-state index in [0.29, 0.717) is 37.1 Å². The molecule has 1 aromatic rings. The molecule has 0 heterocycles. The van der Waals surface area contributed by atoms with Gasteiger partial charge in [-0.3, -0.25) is 10.1 Å². The second kappa shape index (κ2) is 7.58. The van der Waals surface area contributed by atoms with Crippen LogP contribution in [-0.4, -0.2) is 31.8 Å². The molecule has 0 unspecified atom stereocenters. The van der Waals surface area contributed by atoms with Crippen molar-refractivity contribution in [1.82, 2.24) is 0 Å². The normalized spacial score (nSPS) is 10.5. The number of nitrogens with zero attached hydrogens (tertiary/aromatic N) is 1. The number of nitrogens with one attached hydrogen (secondary N) is 1. The molecule has 0 aliphatic heterocycles. The topological polar surface area (TPSA) is 73.6 Å². The lowest BCUT2D eigenvalue weighted by Gasteiger charge is -2.10. The van der Waals surface area contributed by atoms with Gasteiger partial charge in [0.2, 0.25) is 0 Å². The highest BCUT2D eigenvalue weighted by Crippen LogP contribution is 2.25. The summed E-state index contributed by atoms with van der Waals surface area (Å²) in [5, 5.41) is 13.8. The van der Waals surface area contributed by atoms with Gasteiger partial charge in [-0.15, -0.1) is 0 Å². The number of non-ortho nitro benzene ring substituents is 1. The molecular weight excluding hydrogens is 248 g/mol. The van der Waals surface area contributed by atoms with Crippen molar-refractivity contribution in [2.24, 2.45) is 5.92 Å². The summed E-state index contributed by atoms with van der Waals surface area (Å²) in [5.74, 6) is 0.956. The van der Waals surface area contributed by atoms with E-state index in [1.54, 1.807) is 6.07 Å². The lowest BCUT2D eigenvalue weighted by Crippen LogP contribution is -2.12. The third kappa shape index (κ3) is 5.56. The minimum absolute atomic E-state index is 0.00458. The standard InChI is InChI=1S/C13H20N2O4/c1-10(2)9-19-5-4-14-11-6-12(15(16)17)8-13(7-11)18-3/h6-8,10,14H,4-5,9H2,1-3H3. The Morgan fingerprint density at radius 1 is 1.37 bits per heavy atom. The second-order valence-corrected chi connectivity index (χ2v) is 4.57. The average molecular weight is 268 g/mol. The molecule has 1 rings (SSSR count). The molecule has 0 bridgehead atoms. The maximum absolute atomic E-state index is 10.8. The summed E-state index contributed by atoms with van der Waals surface area (Å²) in [6.07, 6.45) is 0. The van der Waals surface area contributed by atoms with Gasteiger partial charge < -0.3 is 14.8 Å². The Hall–Kier alpha value is -1.82. The van der Waals surface area contributed by atoms with Crippen LogP contribution in [0.5, 0.6) is 5.75 Å². The molecule has 1 N–H and O–H groups in total. The zero-order chi connectivity index (χ0) is 14.3. The molecule has 0 fully saturated rings. The largest absolute Gasteiger partial charge is 0.496 e. The van der Waals surface area contributed by atoms with Crippen molar-refractivity contribution in [2.45, 2.75) is 13.8 Å². The van der Waals surface area contributed by atoms with E-state index in [-0.39, 0.29) is 5.69 Å². The van der Waals surface area contributed by atoms with Gasteiger partial charge in [-0.1, -0.05) is 13.8 Å². The predicted octanol–water partition coefficient (Wildman–Crippen LogP) is 2.69. The van der Waals surface area contributed by atoms with E-state index in [1.807, 2.05) is 0 Å². The van der Waals surface area contributed by atoms with Crippen LogP contribution in [-0.2, 0) is 4.74 Å². The van der Waals surface area contributed by atoms with E-state index in [4.69, 9.17) is 9.47 Å². The summed E-state index contributed by atoms with van der Waals surface area (Å²) in [6.45, 7) is 6.03. The first-order chi connectivity index (χ1) is 9.02. The molecule has 106 valence electrons. The van der Waals surface area contributed by atoms with Gasteiger partial charge in [0.05, 0.1) is 24.7 Å². The second-order valence-electron chi connectivity index (χ2n) is 4.57. The fourth-order valence-corrected chi connectivity index (χ4v) is 1.50. The number of nitro groups is 1. The molecule has 0 aliphatic carbocycles. The molecule has 0 amide bonds. The van der Waals surface area contributed by atoms with Gasteiger partial charge in [0, 0.05) is 31.0 Å². The average Bonchev–Trinajstić information content (AvgIpc) is 2.37. The summed E-state index contributed by atoms with van der Waals surface area (Å²) in [6, 6.07) is 4.58. The summed E-state index contributed by atoms with van der Waals surface area (Å²) in [7, 11) is 1.48. The maximum atomic E-state index is 10.8. The minimum atomic E-state index is -0.442. The Bertz CT molecular complexity index is 421. The summed E-state index contributed by atoms with van der Waals surface area (Å²) in [4.78, 5) is 10.3. The monoisotopic (exact) mass is 268 g/mol. The van der Waals surface area contributed by atoms with E-state index in [2.05, 4.69) is 19.2 Å². The van der Waals surface area contributed by atoms with E-state index >= 15 is 0 Å². The molecule has 0 radical (unpaired) electrons. The van der Waals surface area contributed by atoms with Crippen LogP contribution in [0.2, 0.25) is 0 Å². The van der Waals surface area contributed by atoms with Crippen molar-refractivity contribution in [3.8, 4) is 5.75 Å². The van der Waals surface area contributed by atoms with Crippen LogP contribution < -0.4 is 10.1 Å². The van der Waals surface area contributed by atoms with Gasteiger partial charge in [0.15, 0.2) is 0 Å². The number of methoxy groups -OCH3 is 1. The van der Waals surface area contributed by atoms with Crippen molar-refractivity contribution in [3.05, 3.63) is 28.3 Å². The van der Waals surface area contributed by atoms with Crippen LogP contribution >= 0.6 is 0 Å². The van der Waals surface area contributed by atoms with Crippen LogP contribution in [0, 0.1) is 16.0 Å². The van der Waals surface area contributed by atoms with Crippen LogP contribution in [0.4, 0.5) is 11.4 Å². The van der Waals surface area contributed by atoms with Gasteiger partial charge in [0.1, 0.15) is 5.75 Å². The molecule has 0 saturated carbocycles. The summed E-state index contributed by atoms with van der Waals surface area (Å²) < 4.78 is 10.5. The first-order valence-corrected chi connectivity index (χ1v) is 6.18. The van der Waals surface area contributed by atoms with Crippen molar-refractivity contribution < 1.29 is 14.4 Å². The number of nitro benzene ring substituents is 1. The molecule has 19 heavy (non-hydrogen) atoms. The number of ether oxygens (including phenoxy) is 2. The quantitative estimate of drug-likeness (QED) is 0.446. The van der Waals surface area contributed by atoms with Crippen LogP contribution in [0.25, 0.3) is 0 Å². The smallest absolute Gasteiger partial charge is 0.275 e. The van der Waals surface area contributed by atoms with Gasteiger partial charge in [0.25, 0.3) is 5.69 Å². The zero-order valence-electron chi connectivity index (χ0n) is 11.5. The zero-order valence-corrected chi connectivity index (χ0v) is 11.5. The number of hydrogen-bond donors (Lipinski definition) is 1. The van der Waals surface area contributed by atoms with Gasteiger partial charge >= 0.3 is 0 Å². The van der Waals surface area contributed by atoms with Gasteiger partial charge in [-0.05, 0) is 5.92 Å². The highest BCUT2D eigenvalue weighted by molar-refractivity contribution is 5.56. The molecule has 0 atom stereocenters. The molecule has 0 saturated heterocycles. The Morgan fingerprint density at radius 3 is 2.68 bits per heavy atom. The molecule has 6 nitrogen and oxygen atoms in total. The lowest BCUT2D eigenvalue weighted by atomic mass is 10.2. The minimum Gasteiger partial charge on any atom is -0.496 e. The van der Waals surface area contributed by atoms with Crippen LogP contribution in [0.1, 0.15) is 13.8 Å². The SMILES string of the molecule is COc1cc(NCCOCC(C)C)cc([N+](=O)[O-])c1. The van der Waals surface area contributed by atoms with E-state index in [1.165, 1.54) is 19.2 Å². The highest BCUT2D eigenvalue weighted by atomic mass is 16.6. The third-order valence-electron chi connectivity index (χ3n) is 2.36. The Balaban J connectivity index is 2.53. The molecule has 0 aliphatic rings. The Kier molecular flexibility index (Phi) is 6.08. The van der Waals surface area contributed by atoms with E-state index in [9.17, 15) is 10.1 Å². The highest BCUT2D eigenvalue weighted by Gasteiger charge is 2.09. The molecule has 0 aromatic heterocycles. The number of anilines is 1. The number of benzene rings is 1. The summed E-state index contributed by atoms with van der Waals surface area (Å²) >= 11 is 0. The molecule has 6 heteroatoms. The predicted molar refractivity (Wildman–Crippen MR) is 73.8 cm³/mol. The molecule has 0 spiro atoms. The van der Waals surface area contributed by atoms with Gasteiger partial charge in [-0.2, -0.15) is 0 Å². The summed E-state index contributed by atoms with van der Waals surface area (Å²) in [5.41, 5.74) is 0.657. The lowest BCUT2D eigenvalue weighted by molar-refractivity contribution is -0.384. The molecular formula is C13H20N2O4. The van der Waals surface area contributed by atoms with E-state index in [0.717, 1.165) is 0 Å². The fraction of sp³-hybridized carbons (Fsp3) is 0.538. The van der Waals surface area contributed by atoms with Crippen LogP contribution in [0.15, 0.2) is 18.2 Å². The van der Waals surface area contributed by atoms with Gasteiger partial charge in [-0.25, -0.2) is 0 Å². The fourth-order valence-electron chi connectivity index (χ4n) is 1.50. The Morgan fingerprint density at radius 2 is 2.11 bits per heavy atom. The number of rotatable bonds is 8. The van der Waals surface area contributed by atoms with Crippen molar-refractivity contribution >= 4 is 11.4 Å². The third-order valence-corrected chi connectivity index (χ3v) is 2.36. The van der Waals surface area contributed by atoms with Crippen molar-refractivity contribution in [1.29, 1.82) is 0 Å². The van der Waals surface area contributed by atoms with Crippen molar-refractivity contribution in [3.63, 3.8) is 0 Å². The number of hydrogen-bond acceptors (Lipinski definition) is 5. The van der Waals surface area contributed by atoms with Crippen molar-refractivity contribution in [2.75, 3.05) is 32.2 Å². The Labute approximate surface area is 112 Å². The maximum Gasteiger partial charge on any atom is 0.275 e. The first kappa shape index (κ1) is 15.2. The molecule has 1 aromatic carbocycles. The van der Waals surface area contributed by atoms with Crippen LogP contribution in [0.3, 0.4) is 0 Å². The van der Waals surface area contributed by atoms with E-state index < -0.39 is 4.92 Å².